The SMILES string of the molecule is CCN(CC)CC.COc1ccc(-c2ccc3nc(-c4ccc(Cl)cc4)c(O)c(C(=O)O)c3c2)cc1. The van der Waals surface area contributed by atoms with Crippen molar-refractivity contribution in [2.75, 3.05) is 26.7 Å². The van der Waals surface area contributed by atoms with Crippen molar-refractivity contribution in [2.24, 2.45) is 0 Å². The summed E-state index contributed by atoms with van der Waals surface area (Å²) in [4.78, 5) is 18.9. The number of carbonyl (C=O) groups is 1. The van der Waals surface area contributed by atoms with Crippen molar-refractivity contribution < 1.29 is 19.7 Å². The van der Waals surface area contributed by atoms with Gasteiger partial charge in [-0.25, -0.2) is 9.78 Å². The van der Waals surface area contributed by atoms with Gasteiger partial charge in [0.25, 0.3) is 0 Å². The van der Waals surface area contributed by atoms with Gasteiger partial charge in [0.2, 0.25) is 0 Å². The number of aromatic carboxylic acids is 1. The lowest BCUT2D eigenvalue weighted by atomic mass is 9.98. The first-order chi connectivity index (χ1) is 17.3. The van der Waals surface area contributed by atoms with E-state index in [0.717, 1.165) is 16.9 Å². The molecule has 4 aromatic rings. The Bertz CT molecular complexity index is 1310. The molecule has 0 amide bonds. The zero-order valence-electron chi connectivity index (χ0n) is 21.0. The fourth-order valence-electron chi connectivity index (χ4n) is 3.91. The van der Waals surface area contributed by atoms with Crippen molar-refractivity contribution >= 4 is 28.5 Å². The van der Waals surface area contributed by atoms with Gasteiger partial charge in [-0.1, -0.05) is 62.7 Å². The summed E-state index contributed by atoms with van der Waals surface area (Å²) >= 11 is 5.93. The molecule has 0 aliphatic heterocycles. The third-order valence-electron chi connectivity index (χ3n) is 6.06. The summed E-state index contributed by atoms with van der Waals surface area (Å²) in [6.07, 6.45) is 0. The van der Waals surface area contributed by atoms with Gasteiger partial charge in [-0.15, -0.1) is 0 Å². The number of hydrogen-bond donors (Lipinski definition) is 2. The van der Waals surface area contributed by atoms with Crippen LogP contribution >= 0.6 is 11.6 Å². The fraction of sp³-hybridized carbons (Fsp3) is 0.241. The van der Waals surface area contributed by atoms with Crippen LogP contribution in [0.5, 0.6) is 11.5 Å². The Morgan fingerprint density at radius 2 is 1.44 bits per heavy atom. The minimum Gasteiger partial charge on any atom is -0.505 e. The third kappa shape index (κ3) is 6.14. The summed E-state index contributed by atoms with van der Waals surface area (Å²) in [5.74, 6) is -0.871. The average Bonchev–Trinajstić information content (AvgIpc) is 2.90. The Kier molecular flexibility index (Phi) is 9.28. The number of ether oxygens (including phenoxy) is 1. The van der Waals surface area contributed by atoms with Crippen LogP contribution in [0.15, 0.2) is 66.7 Å². The van der Waals surface area contributed by atoms with E-state index in [1.807, 2.05) is 30.3 Å². The fourth-order valence-corrected chi connectivity index (χ4v) is 4.04. The smallest absolute Gasteiger partial charge is 0.340 e. The number of nitrogens with zero attached hydrogens (tertiary/aromatic N) is 2. The second-order valence-electron chi connectivity index (χ2n) is 8.08. The average molecular weight is 507 g/mol. The Hall–Kier alpha value is -3.61. The Labute approximate surface area is 216 Å². The van der Waals surface area contributed by atoms with Crippen molar-refractivity contribution in [3.05, 3.63) is 77.3 Å². The molecular weight excluding hydrogens is 476 g/mol. The molecule has 0 spiro atoms. The summed E-state index contributed by atoms with van der Waals surface area (Å²) in [6.45, 7) is 10.1. The number of hydrogen-bond acceptors (Lipinski definition) is 5. The van der Waals surface area contributed by atoms with E-state index in [1.54, 1.807) is 43.5 Å². The van der Waals surface area contributed by atoms with Gasteiger partial charge in [0.15, 0.2) is 5.75 Å². The first-order valence-electron chi connectivity index (χ1n) is 11.9. The maximum absolute atomic E-state index is 12.0. The molecule has 4 rings (SSSR count). The zero-order chi connectivity index (χ0) is 26.2. The van der Waals surface area contributed by atoms with Crippen molar-refractivity contribution in [1.82, 2.24) is 9.88 Å². The lowest BCUT2D eigenvalue weighted by Gasteiger charge is -2.13. The van der Waals surface area contributed by atoms with Gasteiger partial charge in [-0.2, -0.15) is 0 Å². The summed E-state index contributed by atoms with van der Waals surface area (Å²) < 4.78 is 5.18. The summed E-state index contributed by atoms with van der Waals surface area (Å²) in [5.41, 5.74) is 2.77. The van der Waals surface area contributed by atoms with E-state index in [0.29, 0.717) is 21.5 Å². The van der Waals surface area contributed by atoms with Gasteiger partial charge in [0, 0.05) is 16.0 Å². The van der Waals surface area contributed by atoms with Crippen LogP contribution in [0.2, 0.25) is 5.02 Å². The van der Waals surface area contributed by atoms with Crippen LogP contribution in [0.1, 0.15) is 31.1 Å². The van der Waals surface area contributed by atoms with Crippen LogP contribution in [0.25, 0.3) is 33.3 Å². The normalized spacial score (nSPS) is 10.7. The van der Waals surface area contributed by atoms with Crippen LogP contribution in [0, 0.1) is 0 Å². The monoisotopic (exact) mass is 506 g/mol. The van der Waals surface area contributed by atoms with E-state index in [1.165, 1.54) is 19.6 Å². The largest absolute Gasteiger partial charge is 0.505 e. The van der Waals surface area contributed by atoms with Crippen LogP contribution in [-0.2, 0) is 0 Å². The minimum absolute atomic E-state index is 0.185. The van der Waals surface area contributed by atoms with Crippen LogP contribution in [-0.4, -0.2) is 52.8 Å². The molecule has 3 aromatic carbocycles. The molecule has 0 fully saturated rings. The van der Waals surface area contributed by atoms with E-state index in [2.05, 4.69) is 30.7 Å². The predicted molar refractivity (Wildman–Crippen MR) is 146 cm³/mol. The Balaban J connectivity index is 0.000000454. The Morgan fingerprint density at radius 3 is 1.94 bits per heavy atom. The van der Waals surface area contributed by atoms with Gasteiger partial charge in [0.05, 0.1) is 12.6 Å². The molecule has 2 N–H and O–H groups in total. The van der Waals surface area contributed by atoms with E-state index in [4.69, 9.17) is 16.3 Å². The number of carboxylic acids is 1. The number of methoxy groups -OCH3 is 1. The van der Waals surface area contributed by atoms with Gasteiger partial charge < -0.3 is 19.8 Å². The van der Waals surface area contributed by atoms with Crippen molar-refractivity contribution in [1.29, 1.82) is 0 Å². The molecule has 0 bridgehead atoms. The molecule has 0 aliphatic carbocycles. The highest BCUT2D eigenvalue weighted by Crippen LogP contribution is 2.37. The molecular formula is C29H31ClN2O4. The molecule has 0 saturated carbocycles. The van der Waals surface area contributed by atoms with Crippen molar-refractivity contribution in [2.45, 2.75) is 20.8 Å². The number of aromatic hydroxyl groups is 1. The number of aromatic nitrogens is 1. The molecule has 0 radical (unpaired) electrons. The van der Waals surface area contributed by atoms with E-state index < -0.39 is 5.97 Å². The van der Waals surface area contributed by atoms with Crippen molar-refractivity contribution in [3.8, 4) is 33.9 Å². The number of halogens is 1. The quantitative estimate of drug-likeness (QED) is 0.281. The number of fused-ring (bicyclic) bond motifs is 1. The molecule has 6 nitrogen and oxygen atoms in total. The number of carboxylic acid groups (broad SMARTS) is 1. The number of rotatable bonds is 7. The minimum atomic E-state index is -1.23. The van der Waals surface area contributed by atoms with E-state index in [-0.39, 0.29) is 17.0 Å². The standard InChI is InChI=1S/C23H16ClNO4.C6H15N/c1-29-17-9-4-13(5-10-17)15-6-11-19-18(12-15)20(23(27)28)22(26)21(25-19)14-2-7-16(24)8-3-14;1-4-7(5-2)6-3/h2-12,26H,1H3,(H,27,28);4-6H2,1-3H3. The summed E-state index contributed by atoms with van der Waals surface area (Å²) in [7, 11) is 1.59. The lowest BCUT2D eigenvalue weighted by molar-refractivity contribution is 0.0696. The molecule has 188 valence electrons. The maximum atomic E-state index is 12.0. The van der Waals surface area contributed by atoms with E-state index in [9.17, 15) is 15.0 Å². The highest BCUT2D eigenvalue weighted by molar-refractivity contribution is 6.30. The molecule has 0 atom stereocenters. The Morgan fingerprint density at radius 1 is 0.889 bits per heavy atom. The van der Waals surface area contributed by atoms with Gasteiger partial charge in [-0.05, 0) is 67.2 Å². The predicted octanol–water partition coefficient (Wildman–Crippen LogP) is 6.98. The summed E-state index contributed by atoms with van der Waals surface area (Å²) in [6, 6.07) is 19.5. The van der Waals surface area contributed by atoms with Gasteiger partial charge in [0.1, 0.15) is 17.0 Å². The van der Waals surface area contributed by atoms with Gasteiger partial charge >= 0.3 is 5.97 Å². The second kappa shape index (κ2) is 12.4. The van der Waals surface area contributed by atoms with Crippen LogP contribution in [0.4, 0.5) is 0 Å². The molecule has 0 saturated heterocycles. The molecule has 1 heterocycles. The van der Waals surface area contributed by atoms with Gasteiger partial charge in [-0.3, -0.25) is 0 Å². The first-order valence-corrected chi connectivity index (χ1v) is 12.2. The van der Waals surface area contributed by atoms with Crippen molar-refractivity contribution in [3.63, 3.8) is 0 Å². The molecule has 36 heavy (non-hydrogen) atoms. The second-order valence-corrected chi connectivity index (χ2v) is 8.51. The third-order valence-corrected chi connectivity index (χ3v) is 6.31. The number of benzene rings is 3. The highest BCUT2D eigenvalue weighted by Gasteiger charge is 2.21. The zero-order valence-corrected chi connectivity index (χ0v) is 21.7. The van der Waals surface area contributed by atoms with Crippen LogP contribution < -0.4 is 4.74 Å². The number of pyridine rings is 1. The first kappa shape index (κ1) is 27.0. The lowest BCUT2D eigenvalue weighted by Crippen LogP contribution is -2.21. The highest BCUT2D eigenvalue weighted by atomic mass is 35.5. The molecule has 1 aromatic heterocycles. The topological polar surface area (TPSA) is 82.9 Å². The maximum Gasteiger partial charge on any atom is 0.340 e. The molecule has 0 unspecified atom stereocenters. The molecule has 7 heteroatoms. The van der Waals surface area contributed by atoms with Crippen LogP contribution in [0.3, 0.4) is 0 Å². The van der Waals surface area contributed by atoms with E-state index >= 15 is 0 Å². The molecule has 0 aliphatic rings. The summed E-state index contributed by atoms with van der Waals surface area (Å²) in [5, 5.41) is 21.4.